The lowest BCUT2D eigenvalue weighted by Gasteiger charge is -2.08. The van der Waals surface area contributed by atoms with Crippen molar-refractivity contribution in [1.82, 2.24) is 14.5 Å². The van der Waals surface area contributed by atoms with E-state index < -0.39 is 15.9 Å². The molecule has 1 amide bonds. The predicted octanol–water partition coefficient (Wildman–Crippen LogP) is 1.10. The number of hydrogen-bond donors (Lipinski definition) is 1. The Kier molecular flexibility index (Phi) is 3.94. The summed E-state index contributed by atoms with van der Waals surface area (Å²) in [6, 6.07) is 1.34. The molecule has 0 unspecified atom stereocenters. The molecule has 19 heavy (non-hydrogen) atoms. The van der Waals surface area contributed by atoms with Gasteiger partial charge >= 0.3 is 0 Å². The van der Waals surface area contributed by atoms with Gasteiger partial charge in [-0.15, -0.1) is 21.5 Å². The summed E-state index contributed by atoms with van der Waals surface area (Å²) >= 11 is 2.25. The van der Waals surface area contributed by atoms with E-state index in [1.807, 2.05) is 0 Å². The quantitative estimate of drug-likeness (QED) is 0.911. The fourth-order valence-electron chi connectivity index (χ4n) is 1.17. The molecular weight excluding hydrogens is 308 g/mol. The Morgan fingerprint density at radius 1 is 1.37 bits per heavy atom. The van der Waals surface area contributed by atoms with Crippen LogP contribution in [0.15, 0.2) is 21.9 Å². The van der Waals surface area contributed by atoms with Gasteiger partial charge in [0.15, 0.2) is 0 Å². The zero-order chi connectivity index (χ0) is 14.0. The summed E-state index contributed by atoms with van der Waals surface area (Å²) in [5.74, 6) is -0.401. The second-order valence-corrected chi connectivity index (χ2v) is 7.53. The van der Waals surface area contributed by atoms with Gasteiger partial charge in [-0.25, -0.2) is 12.7 Å². The topological polar surface area (TPSA) is 92.3 Å². The Balaban J connectivity index is 2.20. The molecule has 0 fully saturated rings. The van der Waals surface area contributed by atoms with Gasteiger partial charge < -0.3 is 0 Å². The van der Waals surface area contributed by atoms with Gasteiger partial charge in [-0.3, -0.25) is 10.1 Å². The van der Waals surface area contributed by atoms with E-state index in [0.29, 0.717) is 10.0 Å². The maximum Gasteiger partial charge on any atom is 0.267 e. The van der Waals surface area contributed by atoms with E-state index in [9.17, 15) is 13.2 Å². The van der Waals surface area contributed by atoms with Crippen molar-refractivity contribution in [2.24, 2.45) is 0 Å². The molecule has 2 rings (SSSR count). The lowest BCUT2D eigenvalue weighted by atomic mass is 10.4. The number of rotatable bonds is 4. The van der Waals surface area contributed by atoms with Crippen LogP contribution < -0.4 is 5.32 Å². The molecule has 0 radical (unpaired) electrons. The van der Waals surface area contributed by atoms with Crippen molar-refractivity contribution in [3.05, 3.63) is 21.8 Å². The lowest BCUT2D eigenvalue weighted by molar-refractivity contribution is 0.103. The van der Waals surface area contributed by atoms with E-state index in [-0.39, 0.29) is 4.90 Å². The van der Waals surface area contributed by atoms with Crippen LogP contribution in [-0.4, -0.2) is 42.9 Å². The predicted molar refractivity (Wildman–Crippen MR) is 73.1 cm³/mol. The van der Waals surface area contributed by atoms with E-state index >= 15 is 0 Å². The molecule has 0 spiro atoms. The third kappa shape index (κ3) is 2.97. The number of nitrogens with zero attached hydrogens (tertiary/aromatic N) is 3. The molecule has 0 aliphatic carbocycles. The van der Waals surface area contributed by atoms with Gasteiger partial charge in [0.05, 0.1) is 9.77 Å². The third-order valence-electron chi connectivity index (χ3n) is 2.16. The number of aromatic nitrogens is 2. The monoisotopic (exact) mass is 318 g/mol. The van der Waals surface area contributed by atoms with Crippen LogP contribution in [-0.2, 0) is 10.0 Å². The molecule has 0 atom stereocenters. The Morgan fingerprint density at radius 2 is 2.11 bits per heavy atom. The summed E-state index contributed by atoms with van der Waals surface area (Å²) in [5.41, 5.74) is 1.49. The average molecular weight is 318 g/mol. The van der Waals surface area contributed by atoms with Crippen molar-refractivity contribution in [3.63, 3.8) is 0 Å². The van der Waals surface area contributed by atoms with Crippen LogP contribution in [0.25, 0.3) is 0 Å². The van der Waals surface area contributed by atoms with Crippen molar-refractivity contribution in [1.29, 1.82) is 0 Å². The normalized spacial score (nSPS) is 11.7. The van der Waals surface area contributed by atoms with Crippen molar-refractivity contribution in [2.75, 3.05) is 19.4 Å². The highest BCUT2D eigenvalue weighted by Crippen LogP contribution is 2.22. The number of sulfonamides is 1. The maximum absolute atomic E-state index is 11.9. The standard InChI is InChI=1S/C9H10N4O3S3/c1-13(2)19(15,16)6-3-7(17-4-6)8(14)11-9-12-10-5-18-9/h3-5H,1-2H3,(H,11,12,14). The summed E-state index contributed by atoms with van der Waals surface area (Å²) in [6.45, 7) is 0. The molecule has 0 aliphatic heterocycles. The maximum atomic E-state index is 11.9. The zero-order valence-corrected chi connectivity index (χ0v) is 12.5. The fourth-order valence-corrected chi connectivity index (χ4v) is 3.67. The summed E-state index contributed by atoms with van der Waals surface area (Å²) in [5, 5.41) is 11.6. The first-order valence-electron chi connectivity index (χ1n) is 5.00. The lowest BCUT2D eigenvalue weighted by Crippen LogP contribution is -2.21. The summed E-state index contributed by atoms with van der Waals surface area (Å²) in [6.07, 6.45) is 0. The average Bonchev–Trinajstić information content (AvgIpc) is 2.98. The Labute approximate surface area is 118 Å². The summed E-state index contributed by atoms with van der Waals surface area (Å²) in [7, 11) is -0.636. The highest BCUT2D eigenvalue weighted by atomic mass is 32.2. The SMILES string of the molecule is CN(C)S(=O)(=O)c1csc(C(=O)Nc2nncs2)c1. The number of carbonyl (C=O) groups is 1. The molecule has 2 aromatic rings. The number of amides is 1. The minimum absolute atomic E-state index is 0.102. The van der Waals surface area contributed by atoms with Crippen molar-refractivity contribution >= 4 is 43.7 Å². The second kappa shape index (κ2) is 5.33. The minimum atomic E-state index is -3.51. The molecule has 0 saturated carbocycles. The largest absolute Gasteiger partial charge is 0.296 e. The molecular formula is C9H10N4O3S3. The van der Waals surface area contributed by atoms with E-state index in [0.717, 1.165) is 15.6 Å². The number of carbonyl (C=O) groups excluding carboxylic acids is 1. The third-order valence-corrected chi connectivity index (χ3v) is 5.64. The smallest absolute Gasteiger partial charge is 0.267 e. The van der Waals surface area contributed by atoms with Crippen LogP contribution in [0.1, 0.15) is 9.67 Å². The zero-order valence-electron chi connectivity index (χ0n) is 10.0. The highest BCUT2D eigenvalue weighted by molar-refractivity contribution is 7.89. The van der Waals surface area contributed by atoms with Crippen LogP contribution >= 0.6 is 22.7 Å². The summed E-state index contributed by atoms with van der Waals surface area (Å²) < 4.78 is 24.8. The molecule has 0 bridgehead atoms. The van der Waals surface area contributed by atoms with Crippen LogP contribution in [0.3, 0.4) is 0 Å². The van der Waals surface area contributed by atoms with Crippen LogP contribution in [0.5, 0.6) is 0 Å². The van der Waals surface area contributed by atoms with Gasteiger partial charge in [-0.1, -0.05) is 11.3 Å². The fraction of sp³-hybridized carbons (Fsp3) is 0.222. The molecule has 0 aliphatic rings. The number of anilines is 1. The van der Waals surface area contributed by atoms with Crippen LogP contribution in [0, 0.1) is 0 Å². The summed E-state index contributed by atoms with van der Waals surface area (Å²) in [4.78, 5) is 12.3. The van der Waals surface area contributed by atoms with Crippen LogP contribution in [0.2, 0.25) is 0 Å². The molecule has 2 heterocycles. The highest BCUT2D eigenvalue weighted by Gasteiger charge is 2.21. The molecule has 1 N–H and O–H groups in total. The van der Waals surface area contributed by atoms with E-state index in [1.165, 1.54) is 42.4 Å². The Hall–Kier alpha value is -1.36. The first-order valence-corrected chi connectivity index (χ1v) is 8.20. The second-order valence-electron chi connectivity index (χ2n) is 3.63. The molecule has 7 nitrogen and oxygen atoms in total. The molecule has 102 valence electrons. The molecule has 0 saturated heterocycles. The number of thiophene rings is 1. The minimum Gasteiger partial charge on any atom is -0.296 e. The van der Waals surface area contributed by atoms with Gasteiger partial charge in [-0.2, -0.15) is 0 Å². The Bertz CT molecular complexity index is 675. The number of hydrogen-bond acceptors (Lipinski definition) is 7. The molecule has 10 heteroatoms. The Morgan fingerprint density at radius 3 is 2.68 bits per heavy atom. The van der Waals surface area contributed by atoms with E-state index in [4.69, 9.17) is 0 Å². The van der Waals surface area contributed by atoms with E-state index in [2.05, 4.69) is 15.5 Å². The molecule has 0 aromatic carbocycles. The van der Waals surface area contributed by atoms with Crippen LogP contribution in [0.4, 0.5) is 5.13 Å². The van der Waals surface area contributed by atoms with Gasteiger partial charge in [0.2, 0.25) is 15.2 Å². The first-order chi connectivity index (χ1) is 8.91. The first kappa shape index (κ1) is 14.1. The van der Waals surface area contributed by atoms with E-state index in [1.54, 1.807) is 0 Å². The van der Waals surface area contributed by atoms with Gasteiger partial charge in [0.25, 0.3) is 5.91 Å². The van der Waals surface area contributed by atoms with Gasteiger partial charge in [-0.05, 0) is 6.07 Å². The molecule has 2 aromatic heterocycles. The van der Waals surface area contributed by atoms with Crippen molar-refractivity contribution in [2.45, 2.75) is 4.90 Å². The van der Waals surface area contributed by atoms with Gasteiger partial charge in [0.1, 0.15) is 5.51 Å². The van der Waals surface area contributed by atoms with Gasteiger partial charge in [0, 0.05) is 19.5 Å². The van der Waals surface area contributed by atoms with Crippen molar-refractivity contribution < 1.29 is 13.2 Å². The number of nitrogens with one attached hydrogen (secondary N) is 1. The van der Waals surface area contributed by atoms with Crippen molar-refractivity contribution in [3.8, 4) is 0 Å².